The van der Waals surface area contributed by atoms with E-state index in [0.29, 0.717) is 6.04 Å². The third kappa shape index (κ3) is 3.43. The molecule has 0 spiro atoms. The number of nitrogens with one attached hydrogen (secondary N) is 1. The van der Waals surface area contributed by atoms with E-state index in [1.165, 1.54) is 62.3 Å². The summed E-state index contributed by atoms with van der Waals surface area (Å²) in [5.74, 6) is 1.33. The van der Waals surface area contributed by atoms with Crippen LogP contribution in [0.2, 0.25) is 0 Å². The van der Waals surface area contributed by atoms with E-state index in [4.69, 9.17) is 0 Å². The highest BCUT2D eigenvalue weighted by atomic mass is 32.2. The second kappa shape index (κ2) is 6.75. The van der Waals surface area contributed by atoms with Crippen molar-refractivity contribution in [2.24, 2.45) is 0 Å². The summed E-state index contributed by atoms with van der Waals surface area (Å²) in [7, 11) is 0. The van der Waals surface area contributed by atoms with E-state index < -0.39 is 0 Å². The van der Waals surface area contributed by atoms with Crippen molar-refractivity contribution in [1.82, 2.24) is 0 Å². The Bertz CT molecular complexity index is 412. The molecule has 2 unspecified atom stereocenters. The molecular formula is C17H26N2S. The molecule has 2 saturated heterocycles. The number of piperidine rings is 1. The molecular weight excluding hydrogens is 264 g/mol. The van der Waals surface area contributed by atoms with Crippen LogP contribution >= 0.6 is 11.8 Å². The zero-order valence-electron chi connectivity index (χ0n) is 12.5. The van der Waals surface area contributed by atoms with E-state index >= 15 is 0 Å². The van der Waals surface area contributed by atoms with Crippen molar-refractivity contribution in [2.45, 2.75) is 50.3 Å². The molecule has 0 radical (unpaired) electrons. The summed E-state index contributed by atoms with van der Waals surface area (Å²) in [6, 6.07) is 9.73. The van der Waals surface area contributed by atoms with Crippen LogP contribution in [0.4, 0.5) is 11.4 Å². The van der Waals surface area contributed by atoms with Crippen LogP contribution in [0.25, 0.3) is 0 Å². The summed E-state index contributed by atoms with van der Waals surface area (Å²) in [4.78, 5) is 2.52. The molecule has 0 aliphatic carbocycles. The van der Waals surface area contributed by atoms with Crippen molar-refractivity contribution in [1.29, 1.82) is 0 Å². The fraction of sp³-hybridized carbons (Fsp3) is 0.647. The van der Waals surface area contributed by atoms with Gasteiger partial charge in [-0.1, -0.05) is 6.92 Å². The predicted molar refractivity (Wildman–Crippen MR) is 91.1 cm³/mol. The van der Waals surface area contributed by atoms with Gasteiger partial charge in [0.05, 0.1) is 0 Å². The van der Waals surface area contributed by atoms with Gasteiger partial charge < -0.3 is 10.2 Å². The first-order valence-electron chi connectivity index (χ1n) is 8.06. The zero-order valence-corrected chi connectivity index (χ0v) is 13.3. The van der Waals surface area contributed by atoms with Crippen molar-refractivity contribution >= 4 is 23.1 Å². The van der Waals surface area contributed by atoms with E-state index in [1.54, 1.807) is 0 Å². The van der Waals surface area contributed by atoms with Crippen LogP contribution in [0.1, 0.15) is 39.0 Å². The van der Waals surface area contributed by atoms with Gasteiger partial charge >= 0.3 is 0 Å². The molecule has 1 aromatic rings. The fourth-order valence-corrected chi connectivity index (χ4v) is 4.39. The van der Waals surface area contributed by atoms with Crippen LogP contribution in [0.5, 0.6) is 0 Å². The van der Waals surface area contributed by atoms with Crippen LogP contribution in [0.15, 0.2) is 24.3 Å². The maximum Gasteiger partial charge on any atom is 0.0377 e. The summed E-state index contributed by atoms with van der Waals surface area (Å²) < 4.78 is 0. The van der Waals surface area contributed by atoms with E-state index in [-0.39, 0.29) is 0 Å². The molecule has 2 fully saturated rings. The Labute approximate surface area is 127 Å². The minimum absolute atomic E-state index is 0.634. The smallest absolute Gasteiger partial charge is 0.0377 e. The summed E-state index contributed by atoms with van der Waals surface area (Å²) in [6.07, 6.45) is 6.74. The molecule has 2 heterocycles. The van der Waals surface area contributed by atoms with Crippen molar-refractivity contribution < 1.29 is 0 Å². The van der Waals surface area contributed by atoms with E-state index in [0.717, 1.165) is 5.25 Å². The van der Waals surface area contributed by atoms with Crippen LogP contribution in [0.3, 0.4) is 0 Å². The summed E-state index contributed by atoms with van der Waals surface area (Å²) in [5, 5.41) is 4.45. The third-order valence-corrected chi connectivity index (χ3v) is 5.93. The van der Waals surface area contributed by atoms with Gasteiger partial charge in [-0.2, -0.15) is 11.8 Å². The molecule has 3 rings (SSSR count). The molecule has 2 nitrogen and oxygen atoms in total. The van der Waals surface area contributed by atoms with Gasteiger partial charge in [-0.05, 0) is 62.1 Å². The number of thioether (sulfide) groups is 1. The third-order valence-electron chi connectivity index (χ3n) is 4.55. The van der Waals surface area contributed by atoms with Crippen molar-refractivity contribution in [3.8, 4) is 0 Å². The summed E-state index contributed by atoms with van der Waals surface area (Å²) >= 11 is 2.10. The first-order chi connectivity index (χ1) is 9.83. The van der Waals surface area contributed by atoms with Gasteiger partial charge in [-0.25, -0.2) is 0 Å². The van der Waals surface area contributed by atoms with E-state index in [2.05, 4.69) is 53.2 Å². The van der Waals surface area contributed by atoms with Gasteiger partial charge in [0.25, 0.3) is 0 Å². The molecule has 0 bridgehead atoms. The van der Waals surface area contributed by atoms with Crippen molar-refractivity contribution in [2.75, 3.05) is 29.1 Å². The lowest BCUT2D eigenvalue weighted by molar-refractivity contribution is 0.578. The molecule has 0 aromatic heterocycles. The van der Waals surface area contributed by atoms with Crippen molar-refractivity contribution in [3.05, 3.63) is 24.3 Å². The molecule has 20 heavy (non-hydrogen) atoms. The Hall–Kier alpha value is -0.830. The van der Waals surface area contributed by atoms with Crippen LogP contribution in [0, 0.1) is 0 Å². The average Bonchev–Trinajstić information content (AvgIpc) is 2.51. The highest BCUT2D eigenvalue weighted by Crippen LogP contribution is 2.28. The first-order valence-corrected chi connectivity index (χ1v) is 9.11. The molecule has 0 saturated carbocycles. The quantitative estimate of drug-likeness (QED) is 0.889. The van der Waals surface area contributed by atoms with Crippen molar-refractivity contribution in [3.63, 3.8) is 0 Å². The first kappa shape index (κ1) is 14.1. The monoisotopic (exact) mass is 290 g/mol. The molecule has 1 aromatic carbocycles. The lowest BCUT2D eigenvalue weighted by Crippen LogP contribution is -2.32. The second-order valence-electron chi connectivity index (χ2n) is 6.06. The van der Waals surface area contributed by atoms with Crippen LogP contribution in [-0.2, 0) is 0 Å². The zero-order chi connectivity index (χ0) is 13.8. The lowest BCUT2D eigenvalue weighted by Gasteiger charge is -2.31. The van der Waals surface area contributed by atoms with Gasteiger partial charge in [0.1, 0.15) is 0 Å². The standard InChI is InChI=1S/C17H26N2S/c1-14-17(6-5-13-20-14)18-15-7-9-16(10-8-15)19-11-3-2-4-12-19/h7-10,14,17-18H,2-6,11-13H2,1H3. The maximum absolute atomic E-state index is 3.72. The molecule has 110 valence electrons. The fourth-order valence-electron chi connectivity index (χ4n) is 3.25. The van der Waals surface area contributed by atoms with Gasteiger partial charge in [-0.15, -0.1) is 0 Å². The Morgan fingerprint density at radius 1 is 1.05 bits per heavy atom. The van der Waals surface area contributed by atoms with Gasteiger partial charge in [0.2, 0.25) is 0 Å². The number of rotatable bonds is 3. The van der Waals surface area contributed by atoms with Gasteiger partial charge in [0, 0.05) is 35.8 Å². The number of hydrogen-bond acceptors (Lipinski definition) is 3. The number of hydrogen-bond donors (Lipinski definition) is 1. The number of anilines is 2. The Balaban J connectivity index is 1.60. The largest absolute Gasteiger partial charge is 0.381 e. The average molecular weight is 290 g/mol. The minimum Gasteiger partial charge on any atom is -0.381 e. The lowest BCUT2D eigenvalue weighted by atomic mass is 10.1. The molecule has 2 atom stereocenters. The molecule has 1 N–H and O–H groups in total. The Morgan fingerprint density at radius 2 is 1.80 bits per heavy atom. The Kier molecular flexibility index (Phi) is 4.77. The predicted octanol–water partition coefficient (Wildman–Crippen LogP) is 4.37. The number of nitrogens with zero attached hydrogens (tertiary/aromatic N) is 1. The Morgan fingerprint density at radius 3 is 2.50 bits per heavy atom. The molecule has 3 heteroatoms. The minimum atomic E-state index is 0.634. The molecule has 2 aliphatic rings. The molecule has 0 amide bonds. The van der Waals surface area contributed by atoms with Crippen LogP contribution in [-0.4, -0.2) is 30.1 Å². The van der Waals surface area contributed by atoms with E-state index in [9.17, 15) is 0 Å². The highest BCUT2D eigenvalue weighted by molar-refractivity contribution is 8.00. The van der Waals surface area contributed by atoms with Gasteiger partial charge in [0.15, 0.2) is 0 Å². The maximum atomic E-state index is 3.72. The normalized spacial score (nSPS) is 27.4. The van der Waals surface area contributed by atoms with E-state index in [1.807, 2.05) is 0 Å². The molecule has 2 aliphatic heterocycles. The van der Waals surface area contributed by atoms with Gasteiger partial charge in [-0.3, -0.25) is 0 Å². The second-order valence-corrected chi connectivity index (χ2v) is 7.55. The topological polar surface area (TPSA) is 15.3 Å². The number of benzene rings is 1. The van der Waals surface area contributed by atoms with Crippen LogP contribution < -0.4 is 10.2 Å². The SMILES string of the molecule is CC1SCCCC1Nc1ccc(N2CCCCC2)cc1. The highest BCUT2D eigenvalue weighted by Gasteiger charge is 2.21. The summed E-state index contributed by atoms with van der Waals surface area (Å²) in [5.41, 5.74) is 2.67. The summed E-state index contributed by atoms with van der Waals surface area (Å²) in [6.45, 7) is 4.80.